The molecule has 0 aromatic heterocycles. The van der Waals surface area contributed by atoms with Crippen molar-refractivity contribution in [2.45, 2.75) is 44.8 Å². The van der Waals surface area contributed by atoms with Crippen molar-refractivity contribution in [1.29, 1.82) is 0 Å². The van der Waals surface area contributed by atoms with Crippen molar-refractivity contribution in [3.05, 3.63) is 35.9 Å². The number of hydrogen-bond donors (Lipinski definition) is 1. The summed E-state index contributed by atoms with van der Waals surface area (Å²) in [6, 6.07) is 9.78. The van der Waals surface area contributed by atoms with E-state index < -0.39 is 6.04 Å². The van der Waals surface area contributed by atoms with Crippen LogP contribution in [0.15, 0.2) is 30.3 Å². The molecule has 2 rings (SSSR count). The minimum Gasteiger partial charge on any atom is -0.378 e. The van der Waals surface area contributed by atoms with Crippen LogP contribution in [-0.2, 0) is 16.0 Å². The van der Waals surface area contributed by atoms with Gasteiger partial charge in [0.1, 0.15) is 0 Å². The molecule has 0 bridgehead atoms. The first-order valence-electron chi connectivity index (χ1n) is 7.90. The molecule has 21 heavy (non-hydrogen) atoms. The highest BCUT2D eigenvalue weighted by Crippen LogP contribution is 2.15. The van der Waals surface area contributed by atoms with Gasteiger partial charge in [0, 0.05) is 19.7 Å². The van der Waals surface area contributed by atoms with Crippen LogP contribution in [0, 0.1) is 0 Å². The average molecular weight is 290 g/mol. The van der Waals surface area contributed by atoms with Gasteiger partial charge < -0.3 is 15.4 Å². The molecule has 0 unspecified atom stereocenters. The van der Waals surface area contributed by atoms with Gasteiger partial charge in [-0.2, -0.15) is 0 Å². The topological polar surface area (TPSA) is 55.6 Å². The van der Waals surface area contributed by atoms with E-state index in [1.54, 1.807) is 0 Å². The zero-order chi connectivity index (χ0) is 15.1. The molecule has 1 aliphatic rings. The molecule has 1 heterocycles. The molecule has 2 N–H and O–H groups in total. The van der Waals surface area contributed by atoms with Gasteiger partial charge >= 0.3 is 0 Å². The summed E-state index contributed by atoms with van der Waals surface area (Å²) in [6.07, 6.45) is 3.70. The molecule has 1 aromatic carbocycles. The third-order valence-corrected chi connectivity index (χ3v) is 4.06. The molecule has 0 saturated carbocycles. The van der Waals surface area contributed by atoms with Gasteiger partial charge in [-0.05, 0) is 38.2 Å². The van der Waals surface area contributed by atoms with Crippen LogP contribution in [0.4, 0.5) is 0 Å². The Labute approximate surface area is 127 Å². The van der Waals surface area contributed by atoms with Gasteiger partial charge in [-0.3, -0.25) is 4.79 Å². The average Bonchev–Trinajstić information content (AvgIpc) is 2.54. The van der Waals surface area contributed by atoms with Gasteiger partial charge in [-0.15, -0.1) is 0 Å². The van der Waals surface area contributed by atoms with Gasteiger partial charge in [0.25, 0.3) is 0 Å². The Morgan fingerprint density at radius 3 is 2.62 bits per heavy atom. The minimum atomic E-state index is -0.395. The Kier molecular flexibility index (Phi) is 6.21. The van der Waals surface area contributed by atoms with Crippen molar-refractivity contribution in [3.63, 3.8) is 0 Å². The molecule has 1 aliphatic heterocycles. The van der Waals surface area contributed by atoms with Crippen LogP contribution in [-0.4, -0.2) is 42.6 Å². The molecule has 0 spiro atoms. The third kappa shape index (κ3) is 4.83. The quantitative estimate of drug-likeness (QED) is 0.871. The second-order valence-electron chi connectivity index (χ2n) is 5.61. The molecule has 1 saturated heterocycles. The van der Waals surface area contributed by atoms with Crippen LogP contribution in [0.25, 0.3) is 0 Å². The molecule has 1 fully saturated rings. The zero-order valence-electron chi connectivity index (χ0n) is 12.8. The van der Waals surface area contributed by atoms with Crippen molar-refractivity contribution in [2.24, 2.45) is 5.73 Å². The molecule has 1 aromatic rings. The summed E-state index contributed by atoms with van der Waals surface area (Å²) in [5.74, 6) is 0.0841. The number of amides is 1. The first-order chi connectivity index (χ1) is 10.2. The predicted octanol–water partition coefficient (Wildman–Crippen LogP) is 1.97. The summed E-state index contributed by atoms with van der Waals surface area (Å²) >= 11 is 0. The zero-order valence-corrected chi connectivity index (χ0v) is 12.8. The Hall–Kier alpha value is -1.39. The summed E-state index contributed by atoms with van der Waals surface area (Å²) < 4.78 is 5.61. The van der Waals surface area contributed by atoms with Gasteiger partial charge in [0.05, 0.1) is 12.1 Å². The molecule has 4 heteroatoms. The van der Waals surface area contributed by atoms with Crippen LogP contribution >= 0.6 is 0 Å². The van der Waals surface area contributed by atoms with Gasteiger partial charge in [-0.1, -0.05) is 30.3 Å². The monoisotopic (exact) mass is 290 g/mol. The first-order valence-corrected chi connectivity index (χ1v) is 7.90. The number of aryl methyl sites for hydroxylation is 1. The van der Waals surface area contributed by atoms with Crippen LogP contribution in [0.5, 0.6) is 0 Å². The standard InChI is InChI=1S/C17H26N2O2/c1-2-21-15-10-12-19(13-11-15)17(20)16(18)9-8-14-6-4-3-5-7-14/h3-7,15-16H,2,8-13,18H2,1H3/t16-/m1/s1. The normalized spacial score (nSPS) is 17.7. The maximum absolute atomic E-state index is 12.3. The van der Waals surface area contributed by atoms with Crippen LogP contribution in [0.3, 0.4) is 0 Å². The maximum atomic E-state index is 12.3. The molecule has 0 radical (unpaired) electrons. The van der Waals surface area contributed by atoms with E-state index >= 15 is 0 Å². The second kappa shape index (κ2) is 8.15. The van der Waals surface area contributed by atoms with Crippen molar-refractivity contribution < 1.29 is 9.53 Å². The second-order valence-corrected chi connectivity index (χ2v) is 5.61. The molecule has 116 valence electrons. The lowest BCUT2D eigenvalue weighted by atomic mass is 10.0. The number of nitrogens with zero attached hydrogens (tertiary/aromatic N) is 1. The Morgan fingerprint density at radius 1 is 1.33 bits per heavy atom. The number of rotatable bonds is 6. The maximum Gasteiger partial charge on any atom is 0.239 e. The van der Waals surface area contributed by atoms with E-state index in [-0.39, 0.29) is 5.91 Å². The molecule has 0 aliphatic carbocycles. The van der Waals surface area contributed by atoms with Crippen LogP contribution < -0.4 is 5.73 Å². The van der Waals surface area contributed by atoms with E-state index in [4.69, 9.17) is 10.5 Å². The molecule has 1 amide bonds. The van der Waals surface area contributed by atoms with Crippen molar-refractivity contribution >= 4 is 5.91 Å². The van der Waals surface area contributed by atoms with E-state index in [2.05, 4.69) is 12.1 Å². The molecular weight excluding hydrogens is 264 g/mol. The number of nitrogens with two attached hydrogens (primary N) is 1. The Morgan fingerprint density at radius 2 is 2.00 bits per heavy atom. The number of carbonyl (C=O) groups excluding carboxylic acids is 1. The van der Waals surface area contributed by atoms with E-state index in [9.17, 15) is 4.79 Å². The SMILES string of the molecule is CCOC1CCN(C(=O)[C@H](N)CCc2ccccc2)CC1. The Bertz CT molecular complexity index is 428. The lowest BCUT2D eigenvalue weighted by Crippen LogP contribution is -2.48. The summed E-state index contributed by atoms with van der Waals surface area (Å²) in [4.78, 5) is 14.2. The van der Waals surface area contributed by atoms with E-state index in [0.29, 0.717) is 12.5 Å². The fourth-order valence-corrected chi connectivity index (χ4v) is 2.80. The minimum absolute atomic E-state index is 0.0841. The van der Waals surface area contributed by atoms with E-state index in [1.807, 2.05) is 30.0 Å². The lowest BCUT2D eigenvalue weighted by molar-refractivity contribution is -0.135. The number of piperidine rings is 1. The highest BCUT2D eigenvalue weighted by molar-refractivity contribution is 5.81. The molecule has 4 nitrogen and oxygen atoms in total. The lowest BCUT2D eigenvalue weighted by Gasteiger charge is -2.33. The molecular formula is C17H26N2O2. The molecule has 1 atom stereocenters. The van der Waals surface area contributed by atoms with Gasteiger partial charge in [-0.25, -0.2) is 0 Å². The summed E-state index contributed by atoms with van der Waals surface area (Å²) in [5, 5.41) is 0. The number of carbonyl (C=O) groups is 1. The number of likely N-dealkylation sites (tertiary alicyclic amines) is 1. The summed E-state index contributed by atoms with van der Waals surface area (Å²) in [6.45, 7) is 4.29. The summed E-state index contributed by atoms with van der Waals surface area (Å²) in [7, 11) is 0. The fourth-order valence-electron chi connectivity index (χ4n) is 2.80. The summed E-state index contributed by atoms with van der Waals surface area (Å²) in [5.41, 5.74) is 7.30. The fraction of sp³-hybridized carbons (Fsp3) is 0.588. The number of benzene rings is 1. The third-order valence-electron chi connectivity index (χ3n) is 4.06. The number of ether oxygens (including phenoxy) is 1. The van der Waals surface area contributed by atoms with E-state index in [0.717, 1.165) is 39.0 Å². The Balaban J connectivity index is 1.75. The predicted molar refractivity (Wildman–Crippen MR) is 84.0 cm³/mol. The van der Waals surface area contributed by atoms with Gasteiger partial charge in [0.15, 0.2) is 0 Å². The first kappa shape index (κ1) is 16.0. The van der Waals surface area contributed by atoms with Crippen molar-refractivity contribution in [1.82, 2.24) is 4.90 Å². The van der Waals surface area contributed by atoms with Crippen LogP contribution in [0.2, 0.25) is 0 Å². The number of hydrogen-bond acceptors (Lipinski definition) is 3. The van der Waals surface area contributed by atoms with Crippen molar-refractivity contribution in [2.75, 3.05) is 19.7 Å². The highest BCUT2D eigenvalue weighted by atomic mass is 16.5. The van der Waals surface area contributed by atoms with Crippen LogP contribution in [0.1, 0.15) is 31.7 Å². The smallest absolute Gasteiger partial charge is 0.239 e. The van der Waals surface area contributed by atoms with E-state index in [1.165, 1.54) is 5.56 Å². The van der Waals surface area contributed by atoms with Crippen molar-refractivity contribution in [3.8, 4) is 0 Å². The highest BCUT2D eigenvalue weighted by Gasteiger charge is 2.26. The van der Waals surface area contributed by atoms with Gasteiger partial charge in [0.2, 0.25) is 5.91 Å². The largest absolute Gasteiger partial charge is 0.378 e.